The Labute approximate surface area is 126 Å². The van der Waals surface area contributed by atoms with Gasteiger partial charge in [-0.2, -0.15) is 5.10 Å². The fourth-order valence-electron chi connectivity index (χ4n) is 1.77. The maximum atomic E-state index is 13.7. The zero-order valence-electron chi connectivity index (χ0n) is 11.1. The van der Waals surface area contributed by atoms with Crippen molar-refractivity contribution < 1.29 is 12.8 Å². The second kappa shape index (κ2) is 5.88. The first-order chi connectivity index (χ1) is 9.81. The summed E-state index contributed by atoms with van der Waals surface area (Å²) < 4.78 is 42.1. The van der Waals surface area contributed by atoms with E-state index in [1.54, 1.807) is 24.0 Å². The molecule has 0 saturated carbocycles. The van der Waals surface area contributed by atoms with E-state index in [2.05, 4.69) is 9.82 Å². The topological polar surface area (TPSA) is 90.0 Å². The molecule has 0 atom stereocenters. The van der Waals surface area contributed by atoms with Gasteiger partial charge in [0.15, 0.2) is 0 Å². The molecule has 0 amide bonds. The van der Waals surface area contributed by atoms with Crippen LogP contribution in [0.3, 0.4) is 0 Å². The minimum atomic E-state index is -3.95. The van der Waals surface area contributed by atoms with Crippen molar-refractivity contribution >= 4 is 27.2 Å². The lowest BCUT2D eigenvalue weighted by atomic mass is 10.2. The summed E-state index contributed by atoms with van der Waals surface area (Å²) in [5, 5.41) is 4.05. The van der Waals surface area contributed by atoms with Crippen LogP contribution in [0.25, 0.3) is 0 Å². The van der Waals surface area contributed by atoms with Gasteiger partial charge in [0.1, 0.15) is 10.8 Å². The quantitative estimate of drug-likeness (QED) is 0.788. The molecule has 0 fully saturated rings. The summed E-state index contributed by atoms with van der Waals surface area (Å²) in [6.45, 7) is -0.0174. The third-order valence-corrected chi connectivity index (χ3v) is 4.37. The fraction of sp³-hybridized carbons (Fsp3) is 0.167. The summed E-state index contributed by atoms with van der Waals surface area (Å²) in [5.74, 6) is -0.775. The van der Waals surface area contributed by atoms with Crippen LogP contribution < -0.4 is 10.5 Å². The number of nitrogens with two attached hydrogens (primary N) is 1. The first-order valence-corrected chi connectivity index (χ1v) is 7.77. The minimum Gasteiger partial charge on any atom is -0.389 e. The molecule has 21 heavy (non-hydrogen) atoms. The lowest BCUT2D eigenvalue weighted by Gasteiger charge is -2.10. The molecule has 9 heteroatoms. The van der Waals surface area contributed by atoms with Crippen LogP contribution in [-0.4, -0.2) is 23.2 Å². The SMILES string of the molecule is Cn1ccc(CNS(=O)(=O)c2cccc(F)c2C(N)=S)n1. The first kappa shape index (κ1) is 15.5. The molecular weight excluding hydrogens is 315 g/mol. The predicted molar refractivity (Wildman–Crippen MR) is 79.5 cm³/mol. The third kappa shape index (κ3) is 3.43. The van der Waals surface area contributed by atoms with Crippen LogP contribution in [0, 0.1) is 5.82 Å². The Hall–Kier alpha value is -1.84. The monoisotopic (exact) mass is 328 g/mol. The Bertz CT molecular complexity index is 786. The van der Waals surface area contributed by atoms with Gasteiger partial charge in [-0.15, -0.1) is 0 Å². The zero-order chi connectivity index (χ0) is 15.6. The van der Waals surface area contributed by atoms with E-state index >= 15 is 0 Å². The normalized spacial score (nSPS) is 11.5. The Kier molecular flexibility index (Phi) is 4.35. The lowest BCUT2D eigenvalue weighted by Crippen LogP contribution is -2.27. The largest absolute Gasteiger partial charge is 0.389 e. The Morgan fingerprint density at radius 3 is 2.76 bits per heavy atom. The van der Waals surface area contributed by atoms with E-state index in [0.717, 1.165) is 6.07 Å². The predicted octanol–water partition coefficient (Wildman–Crippen LogP) is 0.672. The molecule has 1 aromatic carbocycles. The van der Waals surface area contributed by atoms with E-state index < -0.39 is 15.8 Å². The van der Waals surface area contributed by atoms with Crippen molar-refractivity contribution in [2.75, 3.05) is 0 Å². The van der Waals surface area contributed by atoms with Crippen LogP contribution >= 0.6 is 12.2 Å². The van der Waals surface area contributed by atoms with Crippen LogP contribution in [-0.2, 0) is 23.6 Å². The van der Waals surface area contributed by atoms with Crippen molar-refractivity contribution in [3.8, 4) is 0 Å². The molecule has 2 aromatic rings. The van der Waals surface area contributed by atoms with Gasteiger partial charge in [-0.1, -0.05) is 18.3 Å². The number of aromatic nitrogens is 2. The second-order valence-corrected chi connectivity index (χ2v) is 6.46. The van der Waals surface area contributed by atoms with E-state index in [0.29, 0.717) is 5.69 Å². The zero-order valence-corrected chi connectivity index (χ0v) is 12.7. The van der Waals surface area contributed by atoms with Crippen LogP contribution in [0.4, 0.5) is 4.39 Å². The number of sulfonamides is 1. The average molecular weight is 328 g/mol. The van der Waals surface area contributed by atoms with E-state index in [1.165, 1.54) is 12.1 Å². The van der Waals surface area contributed by atoms with Crippen LogP contribution in [0.1, 0.15) is 11.3 Å². The van der Waals surface area contributed by atoms with Gasteiger partial charge in [-0.05, 0) is 18.2 Å². The molecule has 0 unspecified atom stereocenters. The second-order valence-electron chi connectivity index (χ2n) is 4.28. The first-order valence-electron chi connectivity index (χ1n) is 5.88. The molecule has 0 aliphatic carbocycles. The highest BCUT2D eigenvalue weighted by Crippen LogP contribution is 2.19. The molecule has 0 radical (unpaired) electrons. The number of nitrogens with zero attached hydrogens (tertiary/aromatic N) is 2. The van der Waals surface area contributed by atoms with Gasteiger partial charge in [0.05, 0.1) is 22.7 Å². The van der Waals surface area contributed by atoms with E-state index in [1.807, 2.05) is 0 Å². The maximum absolute atomic E-state index is 13.7. The van der Waals surface area contributed by atoms with E-state index in [9.17, 15) is 12.8 Å². The molecule has 112 valence electrons. The summed E-state index contributed by atoms with van der Waals surface area (Å²) in [6, 6.07) is 5.31. The molecular formula is C12H13FN4O2S2. The smallest absolute Gasteiger partial charge is 0.241 e. The van der Waals surface area contributed by atoms with Crippen LogP contribution in [0.15, 0.2) is 35.4 Å². The summed E-state index contributed by atoms with van der Waals surface area (Å²) in [4.78, 5) is -0.600. The van der Waals surface area contributed by atoms with E-state index in [-0.39, 0.29) is 22.0 Å². The minimum absolute atomic E-state index is 0.0174. The molecule has 0 bridgehead atoms. The number of aryl methyl sites for hydroxylation is 1. The number of thiocarbonyl (C=S) groups is 1. The fourth-order valence-corrected chi connectivity index (χ4v) is 3.27. The van der Waals surface area contributed by atoms with Gasteiger partial charge < -0.3 is 5.73 Å². The molecule has 3 N–H and O–H groups in total. The molecule has 1 heterocycles. The van der Waals surface area contributed by atoms with Crippen LogP contribution in [0.2, 0.25) is 0 Å². The van der Waals surface area contributed by atoms with Crippen molar-refractivity contribution in [2.24, 2.45) is 12.8 Å². The number of halogens is 1. The standard InChI is InChI=1S/C12H13FN4O2S2/c1-17-6-5-8(16-17)7-15-21(18,19)10-4-2-3-9(13)11(10)12(14)20/h2-6,15H,7H2,1H3,(H2,14,20). The molecule has 0 spiro atoms. The van der Waals surface area contributed by atoms with Crippen molar-refractivity contribution in [2.45, 2.75) is 11.4 Å². The van der Waals surface area contributed by atoms with Gasteiger partial charge in [0.25, 0.3) is 0 Å². The van der Waals surface area contributed by atoms with Crippen molar-refractivity contribution in [3.63, 3.8) is 0 Å². The summed E-state index contributed by atoms with van der Waals surface area (Å²) >= 11 is 4.72. The molecule has 2 rings (SSSR count). The van der Waals surface area contributed by atoms with Crippen molar-refractivity contribution in [3.05, 3.63) is 47.5 Å². The summed E-state index contributed by atoms with van der Waals surface area (Å²) in [5.41, 5.74) is 5.65. The highest BCUT2D eigenvalue weighted by atomic mass is 32.2. The molecule has 0 aliphatic rings. The van der Waals surface area contributed by atoms with Gasteiger partial charge in [-0.25, -0.2) is 17.5 Å². The molecule has 1 aromatic heterocycles. The average Bonchev–Trinajstić information content (AvgIpc) is 2.82. The van der Waals surface area contributed by atoms with Crippen molar-refractivity contribution in [1.29, 1.82) is 0 Å². The number of hydrogen-bond donors (Lipinski definition) is 2. The maximum Gasteiger partial charge on any atom is 0.241 e. The summed E-state index contributed by atoms with van der Waals surface area (Å²) in [6.07, 6.45) is 1.69. The third-order valence-electron chi connectivity index (χ3n) is 2.72. The Balaban J connectivity index is 2.32. The molecule has 0 saturated heterocycles. The number of hydrogen-bond acceptors (Lipinski definition) is 4. The Morgan fingerprint density at radius 2 is 2.19 bits per heavy atom. The molecule has 0 aliphatic heterocycles. The Morgan fingerprint density at radius 1 is 1.48 bits per heavy atom. The lowest BCUT2D eigenvalue weighted by molar-refractivity contribution is 0.575. The number of nitrogens with one attached hydrogen (secondary N) is 1. The summed E-state index contributed by atoms with van der Waals surface area (Å²) in [7, 11) is -2.24. The van der Waals surface area contributed by atoms with Crippen molar-refractivity contribution in [1.82, 2.24) is 14.5 Å². The highest BCUT2D eigenvalue weighted by molar-refractivity contribution is 7.89. The van der Waals surface area contributed by atoms with E-state index in [4.69, 9.17) is 18.0 Å². The van der Waals surface area contributed by atoms with Crippen LogP contribution in [0.5, 0.6) is 0 Å². The van der Waals surface area contributed by atoms with Gasteiger partial charge in [0.2, 0.25) is 10.0 Å². The van der Waals surface area contributed by atoms with Gasteiger partial charge >= 0.3 is 0 Å². The number of rotatable bonds is 5. The van der Waals surface area contributed by atoms with Gasteiger partial charge in [-0.3, -0.25) is 4.68 Å². The highest BCUT2D eigenvalue weighted by Gasteiger charge is 2.22. The molecule has 6 nitrogen and oxygen atoms in total. The van der Waals surface area contributed by atoms with Gasteiger partial charge in [0, 0.05) is 13.2 Å². The number of benzene rings is 1.